The Hall–Kier alpha value is -1.26. The van der Waals surface area contributed by atoms with Gasteiger partial charge in [0.05, 0.1) is 6.61 Å². The Bertz CT molecular complexity index is 407. The summed E-state index contributed by atoms with van der Waals surface area (Å²) in [6, 6.07) is 7.32. The van der Waals surface area contributed by atoms with Crippen molar-refractivity contribution in [3.05, 3.63) is 29.3 Å². The van der Waals surface area contributed by atoms with Gasteiger partial charge in [-0.2, -0.15) is 0 Å². The minimum Gasteiger partial charge on any atom is -0.494 e. The second kappa shape index (κ2) is 8.82. The average Bonchev–Trinajstić information content (AvgIpc) is 2.42. The highest BCUT2D eigenvalue weighted by Crippen LogP contribution is 2.15. The van der Waals surface area contributed by atoms with Gasteiger partial charge in [-0.05, 0) is 44.0 Å². The van der Waals surface area contributed by atoms with Crippen molar-refractivity contribution >= 4 is 17.5 Å². The molecule has 1 unspecified atom stereocenters. The molecule has 0 radical (unpaired) electrons. The van der Waals surface area contributed by atoms with Crippen LogP contribution in [0.4, 0.5) is 0 Å². The third kappa shape index (κ3) is 6.78. The lowest BCUT2D eigenvalue weighted by Crippen LogP contribution is -2.30. The maximum absolute atomic E-state index is 11.8. The van der Waals surface area contributed by atoms with Crippen molar-refractivity contribution in [1.29, 1.82) is 0 Å². The number of carbonyl (C=O) groups excluding carboxylic acids is 1. The molecular weight excluding hydrogens is 276 g/mol. The Kier molecular flexibility index (Phi) is 7.41. The Balaban J connectivity index is 2.16. The van der Waals surface area contributed by atoms with Crippen LogP contribution in [0.15, 0.2) is 24.3 Å². The number of hydrogen-bond acceptors (Lipinski definition) is 3. The number of nitrogens with two attached hydrogens (primary N) is 1. The molecule has 5 heteroatoms. The van der Waals surface area contributed by atoms with Gasteiger partial charge in [-0.1, -0.05) is 11.6 Å². The summed E-state index contributed by atoms with van der Waals surface area (Å²) in [5, 5.41) is 0.691. The van der Waals surface area contributed by atoms with Gasteiger partial charge >= 0.3 is 0 Å². The number of ether oxygens (including phenoxy) is 1. The Morgan fingerprint density at radius 1 is 1.40 bits per heavy atom. The van der Waals surface area contributed by atoms with Gasteiger partial charge in [0.1, 0.15) is 5.75 Å². The van der Waals surface area contributed by atoms with Crippen molar-refractivity contribution in [3.63, 3.8) is 0 Å². The first kappa shape index (κ1) is 16.8. The van der Waals surface area contributed by atoms with E-state index in [1.165, 1.54) is 0 Å². The third-order valence-electron chi connectivity index (χ3n) is 2.96. The van der Waals surface area contributed by atoms with E-state index in [4.69, 9.17) is 22.1 Å². The number of carbonyl (C=O) groups is 1. The number of halogens is 1. The molecule has 0 aliphatic rings. The van der Waals surface area contributed by atoms with E-state index in [2.05, 4.69) is 0 Å². The second-order valence-corrected chi connectivity index (χ2v) is 5.42. The smallest absolute Gasteiger partial charge is 0.222 e. The highest BCUT2D eigenvalue weighted by Gasteiger charge is 2.09. The molecule has 0 saturated carbocycles. The first-order chi connectivity index (χ1) is 9.49. The van der Waals surface area contributed by atoms with Gasteiger partial charge in [-0.15, -0.1) is 0 Å². The molecule has 1 rings (SSSR count). The normalized spacial score (nSPS) is 12.0. The molecular formula is C15H23ClN2O2. The van der Waals surface area contributed by atoms with Gasteiger partial charge in [0.25, 0.3) is 0 Å². The lowest BCUT2D eigenvalue weighted by Gasteiger charge is -2.17. The van der Waals surface area contributed by atoms with E-state index in [0.29, 0.717) is 24.6 Å². The summed E-state index contributed by atoms with van der Waals surface area (Å²) in [5.41, 5.74) is 5.64. The van der Waals surface area contributed by atoms with Crippen LogP contribution in [0.2, 0.25) is 5.02 Å². The number of amides is 1. The predicted octanol–water partition coefficient (Wildman–Crippen LogP) is 2.69. The maximum Gasteiger partial charge on any atom is 0.222 e. The van der Waals surface area contributed by atoms with Crippen molar-refractivity contribution < 1.29 is 9.53 Å². The summed E-state index contributed by atoms with van der Waals surface area (Å²) >= 11 is 5.79. The topological polar surface area (TPSA) is 55.6 Å². The molecule has 0 aromatic heterocycles. The Morgan fingerprint density at radius 3 is 2.65 bits per heavy atom. The van der Waals surface area contributed by atoms with Crippen LogP contribution in [0.5, 0.6) is 5.75 Å². The molecule has 4 nitrogen and oxygen atoms in total. The van der Waals surface area contributed by atoms with Gasteiger partial charge in [-0.3, -0.25) is 4.79 Å². The minimum atomic E-state index is 0.0700. The molecule has 1 atom stereocenters. The first-order valence-electron chi connectivity index (χ1n) is 6.87. The molecule has 0 bridgehead atoms. The molecule has 0 saturated heterocycles. The highest BCUT2D eigenvalue weighted by molar-refractivity contribution is 6.30. The molecule has 0 aliphatic carbocycles. The van der Waals surface area contributed by atoms with E-state index in [1.54, 1.807) is 17.0 Å². The molecule has 0 spiro atoms. The quantitative estimate of drug-likeness (QED) is 0.751. The number of hydrogen-bond donors (Lipinski definition) is 1. The van der Waals surface area contributed by atoms with Crippen molar-refractivity contribution in [1.82, 2.24) is 4.90 Å². The molecule has 1 aromatic rings. The monoisotopic (exact) mass is 298 g/mol. The summed E-state index contributed by atoms with van der Waals surface area (Å²) in [6.07, 6.45) is 2.03. The Labute approximate surface area is 125 Å². The van der Waals surface area contributed by atoms with Gasteiger partial charge < -0.3 is 15.4 Å². The van der Waals surface area contributed by atoms with Crippen LogP contribution in [0.3, 0.4) is 0 Å². The molecule has 0 heterocycles. The maximum atomic E-state index is 11.8. The molecule has 112 valence electrons. The molecule has 0 fully saturated rings. The summed E-state index contributed by atoms with van der Waals surface area (Å²) in [7, 11) is 1.81. The van der Waals surface area contributed by atoms with E-state index >= 15 is 0 Å². The van der Waals surface area contributed by atoms with Crippen molar-refractivity contribution in [2.45, 2.75) is 32.2 Å². The predicted molar refractivity (Wildman–Crippen MR) is 82.1 cm³/mol. The third-order valence-corrected chi connectivity index (χ3v) is 3.21. The highest BCUT2D eigenvalue weighted by atomic mass is 35.5. The Morgan fingerprint density at radius 2 is 2.05 bits per heavy atom. The fourth-order valence-electron chi connectivity index (χ4n) is 1.69. The molecule has 2 N–H and O–H groups in total. The van der Waals surface area contributed by atoms with E-state index in [9.17, 15) is 4.79 Å². The van der Waals surface area contributed by atoms with E-state index in [1.807, 2.05) is 26.1 Å². The van der Waals surface area contributed by atoms with Crippen LogP contribution in [0, 0.1) is 0 Å². The zero-order chi connectivity index (χ0) is 15.0. The molecule has 1 aromatic carbocycles. The lowest BCUT2D eigenvalue weighted by molar-refractivity contribution is -0.130. The largest absolute Gasteiger partial charge is 0.494 e. The van der Waals surface area contributed by atoms with Crippen LogP contribution >= 0.6 is 11.6 Å². The lowest BCUT2D eigenvalue weighted by atomic mass is 10.2. The number of benzene rings is 1. The standard InChI is InChI=1S/C15H23ClN2O2/c1-12(17)4-9-15(19)18(2)10-3-11-20-14-7-5-13(16)6-8-14/h5-8,12H,3-4,9-11,17H2,1-2H3. The van der Waals surface area contributed by atoms with Crippen molar-refractivity contribution in [3.8, 4) is 5.75 Å². The number of rotatable bonds is 8. The van der Waals surface area contributed by atoms with E-state index < -0.39 is 0 Å². The molecule has 1 amide bonds. The van der Waals surface area contributed by atoms with Crippen LogP contribution in [-0.4, -0.2) is 37.0 Å². The zero-order valence-electron chi connectivity index (χ0n) is 12.1. The minimum absolute atomic E-state index is 0.0700. The van der Waals surface area contributed by atoms with Crippen LogP contribution < -0.4 is 10.5 Å². The first-order valence-corrected chi connectivity index (χ1v) is 7.24. The second-order valence-electron chi connectivity index (χ2n) is 4.99. The molecule has 20 heavy (non-hydrogen) atoms. The summed E-state index contributed by atoms with van der Waals surface area (Å²) in [6.45, 7) is 3.17. The van der Waals surface area contributed by atoms with E-state index in [0.717, 1.165) is 18.6 Å². The van der Waals surface area contributed by atoms with Crippen LogP contribution in [-0.2, 0) is 4.79 Å². The fraction of sp³-hybridized carbons (Fsp3) is 0.533. The van der Waals surface area contributed by atoms with Gasteiger partial charge in [0, 0.05) is 31.1 Å². The van der Waals surface area contributed by atoms with Gasteiger partial charge in [0.2, 0.25) is 5.91 Å². The summed E-state index contributed by atoms with van der Waals surface area (Å²) in [4.78, 5) is 13.5. The molecule has 0 aliphatic heterocycles. The summed E-state index contributed by atoms with van der Waals surface area (Å²) < 4.78 is 5.57. The van der Waals surface area contributed by atoms with Crippen LogP contribution in [0.25, 0.3) is 0 Å². The zero-order valence-corrected chi connectivity index (χ0v) is 12.9. The average molecular weight is 299 g/mol. The summed E-state index contributed by atoms with van der Waals surface area (Å²) in [5.74, 6) is 0.925. The van der Waals surface area contributed by atoms with Crippen LogP contribution in [0.1, 0.15) is 26.2 Å². The van der Waals surface area contributed by atoms with Crippen molar-refractivity contribution in [2.24, 2.45) is 5.73 Å². The number of nitrogens with zero attached hydrogens (tertiary/aromatic N) is 1. The van der Waals surface area contributed by atoms with Gasteiger partial charge in [-0.25, -0.2) is 0 Å². The van der Waals surface area contributed by atoms with Gasteiger partial charge in [0.15, 0.2) is 0 Å². The van der Waals surface area contributed by atoms with Crippen molar-refractivity contribution in [2.75, 3.05) is 20.2 Å². The SMILES string of the molecule is CC(N)CCC(=O)N(C)CCCOc1ccc(Cl)cc1. The fourth-order valence-corrected chi connectivity index (χ4v) is 1.82. The van der Waals surface area contributed by atoms with E-state index in [-0.39, 0.29) is 11.9 Å².